The molecule has 0 atom stereocenters. The van der Waals surface area contributed by atoms with Crippen molar-refractivity contribution in [1.29, 1.82) is 0 Å². The molecule has 0 bridgehead atoms. The minimum atomic E-state index is -0.745. The molecule has 1 saturated carbocycles. The highest BCUT2D eigenvalue weighted by molar-refractivity contribution is 7.15. The van der Waals surface area contributed by atoms with Crippen LogP contribution in [-0.4, -0.2) is 57.7 Å². The number of thiazole rings is 1. The summed E-state index contributed by atoms with van der Waals surface area (Å²) in [5.41, 5.74) is 2.06. The van der Waals surface area contributed by atoms with E-state index < -0.39 is 11.6 Å². The van der Waals surface area contributed by atoms with Gasteiger partial charge in [0.2, 0.25) is 0 Å². The molecule has 0 unspecified atom stereocenters. The average molecular weight is 500 g/mol. The second-order valence-corrected chi connectivity index (χ2v) is 11.4. The Hall–Kier alpha value is -2.94. The first-order valence-electron chi connectivity index (χ1n) is 12.2. The Balaban J connectivity index is 1.34. The van der Waals surface area contributed by atoms with E-state index in [1.807, 2.05) is 45.0 Å². The van der Waals surface area contributed by atoms with Gasteiger partial charge < -0.3 is 20.1 Å². The van der Waals surface area contributed by atoms with E-state index in [1.165, 1.54) is 4.88 Å². The molecule has 1 aromatic heterocycles. The summed E-state index contributed by atoms with van der Waals surface area (Å²) in [6.07, 6.45) is 3.74. The molecule has 1 aliphatic carbocycles. The lowest BCUT2D eigenvalue weighted by Crippen LogP contribution is -2.38. The van der Waals surface area contributed by atoms with Gasteiger partial charge in [0.15, 0.2) is 0 Å². The second-order valence-electron chi connectivity index (χ2n) is 10.3. The van der Waals surface area contributed by atoms with Gasteiger partial charge >= 0.3 is 12.1 Å². The van der Waals surface area contributed by atoms with Crippen molar-refractivity contribution in [2.45, 2.75) is 70.9 Å². The van der Waals surface area contributed by atoms with Gasteiger partial charge in [-0.15, -0.1) is 11.3 Å². The van der Waals surface area contributed by atoms with E-state index in [4.69, 9.17) is 14.8 Å². The number of ether oxygens (including phenoxy) is 1. The maximum atomic E-state index is 12.7. The Bertz CT molecular complexity index is 1060. The minimum absolute atomic E-state index is 0.0210. The molecule has 0 radical (unpaired) electrons. The number of aliphatic carboxylic acids is 1. The Morgan fingerprint density at radius 2 is 1.71 bits per heavy atom. The maximum absolute atomic E-state index is 12.7. The quantitative estimate of drug-likeness (QED) is 0.640. The molecular formula is C26H33N3O5S. The van der Waals surface area contributed by atoms with Gasteiger partial charge in [-0.05, 0) is 58.6 Å². The molecule has 2 amide bonds. The summed E-state index contributed by atoms with van der Waals surface area (Å²) in [6.45, 7) is 6.80. The summed E-state index contributed by atoms with van der Waals surface area (Å²) in [5.74, 6) is -1.17. The Labute approximate surface area is 209 Å². The van der Waals surface area contributed by atoms with Crippen molar-refractivity contribution >= 4 is 29.3 Å². The number of aromatic nitrogens is 1. The number of carboxylic acids is 1. The fourth-order valence-electron chi connectivity index (χ4n) is 4.51. The molecule has 1 aliphatic heterocycles. The molecule has 9 heteroatoms. The monoisotopic (exact) mass is 499 g/mol. The highest BCUT2D eigenvalue weighted by atomic mass is 32.1. The normalized spacial score (nSPS) is 20.5. The molecule has 4 rings (SSSR count). The number of carbonyl (C=O) groups excluding carboxylic acids is 2. The van der Waals surface area contributed by atoms with Crippen molar-refractivity contribution in [1.82, 2.24) is 15.2 Å². The van der Waals surface area contributed by atoms with Crippen LogP contribution in [0.1, 0.15) is 67.4 Å². The van der Waals surface area contributed by atoms with Crippen LogP contribution in [0.3, 0.4) is 0 Å². The number of fused-ring (bicyclic) bond motifs is 1. The molecule has 8 nitrogen and oxygen atoms in total. The molecule has 2 N–H and O–H groups in total. The van der Waals surface area contributed by atoms with Crippen molar-refractivity contribution in [2.24, 2.45) is 5.92 Å². The lowest BCUT2D eigenvalue weighted by molar-refractivity contribution is -0.142. The highest BCUT2D eigenvalue weighted by Gasteiger charge is 2.28. The van der Waals surface area contributed by atoms with Crippen molar-refractivity contribution < 1.29 is 24.2 Å². The van der Waals surface area contributed by atoms with E-state index >= 15 is 0 Å². The Morgan fingerprint density at radius 3 is 2.34 bits per heavy atom. The van der Waals surface area contributed by atoms with Crippen molar-refractivity contribution in [3.8, 4) is 10.6 Å². The number of carboxylic acid groups (broad SMARTS) is 1. The molecular weight excluding hydrogens is 466 g/mol. The number of benzene rings is 1. The molecule has 1 aromatic carbocycles. The molecule has 0 spiro atoms. The molecule has 2 heterocycles. The molecule has 0 saturated heterocycles. The van der Waals surface area contributed by atoms with Crippen LogP contribution in [0.4, 0.5) is 4.79 Å². The summed E-state index contributed by atoms with van der Waals surface area (Å²) >= 11 is 1.64. The van der Waals surface area contributed by atoms with Crippen LogP contribution in [0.15, 0.2) is 24.3 Å². The van der Waals surface area contributed by atoms with Gasteiger partial charge in [0, 0.05) is 48.0 Å². The average Bonchev–Trinajstić information content (AvgIpc) is 3.11. The lowest BCUT2D eigenvalue weighted by Gasteiger charge is -2.26. The third kappa shape index (κ3) is 6.39. The molecule has 1 fully saturated rings. The van der Waals surface area contributed by atoms with Crippen LogP contribution in [0.25, 0.3) is 10.6 Å². The standard InChI is InChI=1S/C26H33N3O5S/c1-26(2,3)34-25(33)29-14-12-20-21(13-15-29)35-23(28-20)17-6-4-16(5-7-17)22(30)27-19-10-8-18(9-11-19)24(31)32/h4-7,18-19H,8-15H2,1-3H3,(H,27,30)(H,31,32)/t18-,19-. The zero-order chi connectivity index (χ0) is 25.2. The molecule has 188 valence electrons. The van der Waals surface area contributed by atoms with Gasteiger partial charge in [0.1, 0.15) is 10.6 Å². The summed E-state index contributed by atoms with van der Waals surface area (Å²) in [7, 11) is 0. The van der Waals surface area contributed by atoms with E-state index in [-0.39, 0.29) is 24.0 Å². The highest BCUT2D eigenvalue weighted by Crippen LogP contribution is 2.31. The van der Waals surface area contributed by atoms with Gasteiger partial charge in [0.05, 0.1) is 11.6 Å². The van der Waals surface area contributed by atoms with E-state index in [0.29, 0.717) is 50.8 Å². The Morgan fingerprint density at radius 1 is 1.06 bits per heavy atom. The van der Waals surface area contributed by atoms with Crippen LogP contribution in [0.5, 0.6) is 0 Å². The fraction of sp³-hybridized carbons (Fsp3) is 0.538. The molecule has 2 aliphatic rings. The number of hydrogen-bond donors (Lipinski definition) is 2. The topological polar surface area (TPSA) is 109 Å². The number of carbonyl (C=O) groups is 3. The predicted molar refractivity (Wildman–Crippen MR) is 134 cm³/mol. The van der Waals surface area contributed by atoms with Crippen molar-refractivity contribution in [2.75, 3.05) is 13.1 Å². The molecule has 2 aromatic rings. The van der Waals surface area contributed by atoms with Gasteiger partial charge in [-0.2, -0.15) is 0 Å². The SMILES string of the molecule is CC(C)(C)OC(=O)N1CCc2nc(-c3ccc(C(=O)N[C@H]4CC[C@H](C(=O)O)CC4)cc3)sc2CC1. The van der Waals surface area contributed by atoms with Crippen LogP contribution in [-0.2, 0) is 22.4 Å². The first-order valence-corrected chi connectivity index (χ1v) is 13.0. The van der Waals surface area contributed by atoms with E-state index in [0.717, 1.165) is 22.7 Å². The number of amides is 2. The third-order valence-corrected chi connectivity index (χ3v) is 7.67. The number of nitrogens with one attached hydrogen (secondary N) is 1. The maximum Gasteiger partial charge on any atom is 0.410 e. The first-order chi connectivity index (χ1) is 16.6. The first kappa shape index (κ1) is 25.2. The van der Waals surface area contributed by atoms with Crippen LogP contribution in [0.2, 0.25) is 0 Å². The third-order valence-electron chi connectivity index (χ3n) is 6.46. The summed E-state index contributed by atoms with van der Waals surface area (Å²) in [6, 6.07) is 7.48. The summed E-state index contributed by atoms with van der Waals surface area (Å²) in [5, 5.41) is 13.1. The lowest BCUT2D eigenvalue weighted by atomic mass is 9.86. The second kappa shape index (κ2) is 10.4. The number of hydrogen-bond acceptors (Lipinski definition) is 6. The molecule has 35 heavy (non-hydrogen) atoms. The minimum Gasteiger partial charge on any atom is -0.481 e. The van der Waals surface area contributed by atoms with E-state index in [9.17, 15) is 14.4 Å². The van der Waals surface area contributed by atoms with Crippen LogP contribution in [0, 0.1) is 5.92 Å². The number of rotatable bonds is 4. The smallest absolute Gasteiger partial charge is 0.410 e. The Kier molecular flexibility index (Phi) is 7.44. The van der Waals surface area contributed by atoms with Crippen LogP contribution < -0.4 is 5.32 Å². The van der Waals surface area contributed by atoms with Gasteiger partial charge in [0.25, 0.3) is 5.91 Å². The van der Waals surface area contributed by atoms with Gasteiger partial charge in [-0.3, -0.25) is 9.59 Å². The van der Waals surface area contributed by atoms with Crippen molar-refractivity contribution in [3.63, 3.8) is 0 Å². The van der Waals surface area contributed by atoms with Gasteiger partial charge in [-0.1, -0.05) is 12.1 Å². The zero-order valence-electron chi connectivity index (χ0n) is 20.5. The van der Waals surface area contributed by atoms with Gasteiger partial charge in [-0.25, -0.2) is 9.78 Å². The largest absolute Gasteiger partial charge is 0.481 e. The number of nitrogens with zero attached hydrogens (tertiary/aromatic N) is 2. The predicted octanol–water partition coefficient (Wildman–Crippen LogP) is 4.52. The summed E-state index contributed by atoms with van der Waals surface area (Å²) in [4.78, 5) is 44.0. The van der Waals surface area contributed by atoms with Crippen molar-refractivity contribution in [3.05, 3.63) is 40.4 Å². The van der Waals surface area contributed by atoms with E-state index in [2.05, 4.69) is 5.32 Å². The van der Waals surface area contributed by atoms with Crippen LogP contribution >= 0.6 is 11.3 Å². The zero-order valence-corrected chi connectivity index (χ0v) is 21.3. The summed E-state index contributed by atoms with van der Waals surface area (Å²) < 4.78 is 5.51. The fourth-order valence-corrected chi connectivity index (χ4v) is 5.62. The van der Waals surface area contributed by atoms with E-state index in [1.54, 1.807) is 16.2 Å².